The maximum Gasteiger partial charge on any atom is 1.00 e. The zero-order valence-electron chi connectivity index (χ0n) is 36.0. The van der Waals surface area contributed by atoms with Gasteiger partial charge in [-0.25, -0.2) is 0 Å². The van der Waals surface area contributed by atoms with Gasteiger partial charge in [0.2, 0.25) is 0 Å². The van der Waals surface area contributed by atoms with Gasteiger partial charge in [-0.05, 0) is 78.9 Å². The molecule has 0 amide bonds. The van der Waals surface area contributed by atoms with Crippen LogP contribution in [0, 0.1) is 24.7 Å². The van der Waals surface area contributed by atoms with Crippen molar-refractivity contribution >= 4 is 80.7 Å². The zero-order chi connectivity index (χ0) is 42.7. The Kier molecular flexibility index (Phi) is 17.9. The standard InChI is InChI=1S/C28H28P2.2C15H10N.2Au/c1-5-15-25(16-6-1)29(26-17-7-2-8-18-26)23-13-14-24-30(27-19-9-3-10-20-27)28-21-11-4-12-22-28;1-3-11-8-9-15-13(10-11)12-6-4-5-7-14(12)16(15)2;1-3-11-8-9-13-12-6-4-5-7-14(12)16(2)15(13)10-11;;/h1-12,15-22H,13-14,23-24H2;2*4-10H,2H3;;/q;2*-1;2*+1/p+2. The summed E-state index contributed by atoms with van der Waals surface area (Å²) in [5.74, 6) is 4.86. The van der Waals surface area contributed by atoms with Crippen molar-refractivity contribution in [1.29, 1.82) is 0 Å². The summed E-state index contributed by atoms with van der Waals surface area (Å²) in [7, 11) is 2.69. The molecule has 0 radical (unpaired) electrons. The number of fused-ring (bicyclic) bond motifs is 6. The number of unbranched alkanes of at least 4 members (excludes halogenated alkanes) is 1. The average molecular weight is 1230 g/mol. The maximum absolute atomic E-state index is 7.18. The SMILES string of the molecule is [Au+].[Au+].[C-]#Cc1ccc2c(c1)c1ccccc1n2C.[C-]#Cc1ccc2c3ccccc3n(C)c2c1.c1ccc([PH+](CCCC[PH+](c2ccccc2)c2ccccc2)c2ccccc2)cc1. The third kappa shape index (κ3) is 11.2. The van der Waals surface area contributed by atoms with Gasteiger partial charge < -0.3 is 22.0 Å². The van der Waals surface area contributed by atoms with Crippen LogP contribution >= 0.6 is 15.8 Å². The molecule has 2 nitrogen and oxygen atoms in total. The van der Waals surface area contributed by atoms with Gasteiger partial charge in [-0.3, -0.25) is 11.8 Å². The Bertz CT molecular complexity index is 2960. The molecule has 0 aliphatic heterocycles. The molecular formula is C58H50Au2N2P2+2. The molecule has 2 heterocycles. The maximum atomic E-state index is 7.18. The largest absolute Gasteiger partial charge is 1.00 e. The van der Waals surface area contributed by atoms with Crippen LogP contribution in [0.25, 0.3) is 43.6 Å². The molecular weight excluding hydrogens is 1180 g/mol. The minimum Gasteiger partial charge on any atom is -0.366 e. The van der Waals surface area contributed by atoms with Gasteiger partial charge in [0, 0.05) is 52.3 Å². The van der Waals surface area contributed by atoms with E-state index in [0.717, 1.165) is 16.6 Å². The molecule has 6 heteroatoms. The van der Waals surface area contributed by atoms with E-state index in [0.29, 0.717) is 0 Å². The summed E-state index contributed by atoms with van der Waals surface area (Å²) < 4.78 is 4.34. The van der Waals surface area contributed by atoms with E-state index in [2.05, 4.69) is 193 Å². The van der Waals surface area contributed by atoms with Gasteiger partial charge in [-0.15, -0.1) is 35.4 Å². The van der Waals surface area contributed by atoms with E-state index in [9.17, 15) is 0 Å². The number of para-hydroxylation sites is 2. The molecule has 0 saturated heterocycles. The van der Waals surface area contributed by atoms with Crippen LogP contribution in [-0.4, -0.2) is 21.5 Å². The van der Waals surface area contributed by atoms with Crippen molar-refractivity contribution in [3.8, 4) is 11.8 Å². The third-order valence-electron chi connectivity index (χ3n) is 11.7. The molecule has 0 bridgehead atoms. The molecule has 64 heavy (non-hydrogen) atoms. The van der Waals surface area contributed by atoms with E-state index < -0.39 is 15.8 Å². The molecule has 0 N–H and O–H groups in total. The predicted octanol–water partition coefficient (Wildman–Crippen LogP) is 12.0. The van der Waals surface area contributed by atoms with Crippen LogP contribution in [0.2, 0.25) is 0 Å². The fourth-order valence-electron chi connectivity index (χ4n) is 8.56. The van der Waals surface area contributed by atoms with E-state index in [1.165, 1.54) is 84.5 Å². The smallest absolute Gasteiger partial charge is 0.366 e. The van der Waals surface area contributed by atoms with Gasteiger partial charge >= 0.3 is 44.8 Å². The van der Waals surface area contributed by atoms with Crippen LogP contribution in [0.3, 0.4) is 0 Å². The number of aromatic nitrogens is 2. The molecule has 0 atom stereocenters. The molecule has 0 aliphatic carbocycles. The van der Waals surface area contributed by atoms with Crippen LogP contribution in [0.5, 0.6) is 0 Å². The van der Waals surface area contributed by atoms with Gasteiger partial charge in [0.25, 0.3) is 0 Å². The third-order valence-corrected chi connectivity index (χ3v) is 17.5. The van der Waals surface area contributed by atoms with E-state index in [-0.39, 0.29) is 44.8 Å². The number of benzene rings is 8. The number of rotatable bonds is 9. The Morgan fingerprint density at radius 3 is 1.12 bits per heavy atom. The summed E-state index contributed by atoms with van der Waals surface area (Å²) >= 11 is 0. The van der Waals surface area contributed by atoms with Crippen molar-refractivity contribution in [2.45, 2.75) is 12.8 Å². The second-order valence-electron chi connectivity index (χ2n) is 15.5. The minimum atomic E-state index is -0.714. The Hall–Kier alpha value is -5.18. The second-order valence-corrected chi connectivity index (χ2v) is 20.7. The first-order valence-corrected chi connectivity index (χ1v) is 24.7. The Morgan fingerprint density at radius 2 is 0.688 bits per heavy atom. The summed E-state index contributed by atoms with van der Waals surface area (Å²) in [4.78, 5) is 0. The first-order chi connectivity index (χ1) is 30.5. The molecule has 0 spiro atoms. The molecule has 10 aromatic rings. The molecule has 322 valence electrons. The Balaban J connectivity index is 0.000000170. The molecule has 0 fully saturated rings. The van der Waals surface area contributed by atoms with Gasteiger partial charge in [0.1, 0.15) is 0 Å². The normalized spacial score (nSPS) is 10.6. The molecule has 0 saturated carbocycles. The van der Waals surface area contributed by atoms with Crippen LogP contribution < -0.4 is 21.2 Å². The van der Waals surface area contributed by atoms with E-state index >= 15 is 0 Å². The molecule has 2 aromatic heterocycles. The Morgan fingerprint density at radius 1 is 0.359 bits per heavy atom. The van der Waals surface area contributed by atoms with E-state index in [4.69, 9.17) is 12.8 Å². The fraction of sp³-hybridized carbons (Fsp3) is 0.103. The monoisotopic (exact) mass is 1230 g/mol. The van der Waals surface area contributed by atoms with Crippen LogP contribution in [0.15, 0.2) is 206 Å². The van der Waals surface area contributed by atoms with Gasteiger partial charge in [-0.1, -0.05) is 121 Å². The number of nitrogens with zero attached hydrogens (tertiary/aromatic N) is 2. The molecule has 0 aliphatic rings. The van der Waals surface area contributed by atoms with Crippen LogP contribution in [0.4, 0.5) is 0 Å². The zero-order valence-corrected chi connectivity index (χ0v) is 42.3. The summed E-state index contributed by atoms with van der Waals surface area (Å²) in [5, 5.41) is 11.0. The van der Waals surface area contributed by atoms with Crippen LogP contribution in [0.1, 0.15) is 24.0 Å². The van der Waals surface area contributed by atoms with Crippen molar-refractivity contribution < 1.29 is 44.8 Å². The minimum absolute atomic E-state index is 0. The van der Waals surface area contributed by atoms with Crippen molar-refractivity contribution in [3.63, 3.8) is 0 Å². The quantitative estimate of drug-likeness (QED) is 0.0448. The predicted molar refractivity (Wildman–Crippen MR) is 273 cm³/mol. The average Bonchev–Trinajstić information content (AvgIpc) is 3.80. The van der Waals surface area contributed by atoms with Crippen molar-refractivity contribution in [3.05, 3.63) is 230 Å². The number of hydrogen-bond acceptors (Lipinski definition) is 0. The topological polar surface area (TPSA) is 9.86 Å². The van der Waals surface area contributed by atoms with Gasteiger partial charge in [0.05, 0.1) is 49.4 Å². The van der Waals surface area contributed by atoms with Crippen LogP contribution in [-0.2, 0) is 58.9 Å². The molecule has 0 unspecified atom stereocenters. The van der Waals surface area contributed by atoms with Crippen molar-refractivity contribution in [2.75, 3.05) is 12.3 Å². The first-order valence-electron chi connectivity index (χ1n) is 21.3. The second kappa shape index (κ2) is 23.7. The molecule has 8 aromatic carbocycles. The first kappa shape index (κ1) is 48.3. The van der Waals surface area contributed by atoms with Crippen molar-refractivity contribution in [2.24, 2.45) is 14.1 Å². The van der Waals surface area contributed by atoms with E-state index in [1.807, 2.05) is 48.5 Å². The summed E-state index contributed by atoms with van der Waals surface area (Å²) in [6, 6.07) is 73.3. The summed E-state index contributed by atoms with van der Waals surface area (Å²) in [6.45, 7) is 0. The summed E-state index contributed by atoms with van der Waals surface area (Å²) in [5.41, 5.74) is 6.43. The number of aryl methyl sites for hydroxylation is 2. The fourth-order valence-corrected chi connectivity index (χ4v) is 14.0. The van der Waals surface area contributed by atoms with Gasteiger partial charge in [-0.2, -0.15) is 0 Å². The summed E-state index contributed by atoms with van der Waals surface area (Å²) in [6.07, 6.45) is 19.5. The Labute approximate surface area is 412 Å². The number of hydrogen-bond donors (Lipinski definition) is 0. The molecule has 10 rings (SSSR count). The van der Waals surface area contributed by atoms with E-state index in [1.54, 1.807) is 0 Å². The van der Waals surface area contributed by atoms with Crippen molar-refractivity contribution in [1.82, 2.24) is 9.13 Å². The van der Waals surface area contributed by atoms with Gasteiger partial charge in [0.15, 0.2) is 0 Å².